The molecule has 1 N–H and O–H groups in total. The second-order valence-electron chi connectivity index (χ2n) is 4.46. The number of ether oxygens (including phenoxy) is 1. The SMILES string of the molecule is COCC(C)(C)NC(=O)c1ccc(C#N)cc1. The number of carbonyl (C=O) groups excluding carboxylic acids is 1. The molecule has 4 heteroatoms. The largest absolute Gasteiger partial charge is 0.382 e. The molecular formula is C13H16N2O2. The Balaban J connectivity index is 2.73. The highest BCUT2D eigenvalue weighted by Gasteiger charge is 2.20. The number of nitriles is 1. The van der Waals surface area contributed by atoms with Crippen LogP contribution < -0.4 is 5.32 Å². The summed E-state index contributed by atoms with van der Waals surface area (Å²) in [6.45, 7) is 4.21. The van der Waals surface area contributed by atoms with Gasteiger partial charge in [0.05, 0.1) is 23.8 Å². The maximum atomic E-state index is 11.9. The quantitative estimate of drug-likeness (QED) is 0.859. The van der Waals surface area contributed by atoms with Gasteiger partial charge >= 0.3 is 0 Å². The van der Waals surface area contributed by atoms with E-state index in [2.05, 4.69) is 5.32 Å². The summed E-state index contributed by atoms with van der Waals surface area (Å²) in [4.78, 5) is 11.9. The summed E-state index contributed by atoms with van der Waals surface area (Å²) in [5.74, 6) is -0.170. The Hall–Kier alpha value is -1.86. The average molecular weight is 232 g/mol. The molecule has 0 saturated carbocycles. The van der Waals surface area contributed by atoms with Gasteiger partial charge in [0.1, 0.15) is 0 Å². The summed E-state index contributed by atoms with van der Waals surface area (Å²) in [5, 5.41) is 11.5. The van der Waals surface area contributed by atoms with Gasteiger partial charge in [-0.05, 0) is 38.1 Å². The molecule has 0 unspecified atom stereocenters. The molecule has 0 saturated heterocycles. The van der Waals surface area contributed by atoms with Crippen LogP contribution in [-0.4, -0.2) is 25.2 Å². The first-order chi connectivity index (χ1) is 7.98. The fourth-order valence-corrected chi connectivity index (χ4v) is 1.47. The standard InChI is InChI=1S/C13H16N2O2/c1-13(2,9-17-3)15-12(16)11-6-4-10(8-14)5-7-11/h4-7H,9H2,1-3H3,(H,15,16). The normalized spacial score (nSPS) is 10.7. The Kier molecular flexibility index (Phi) is 4.24. The number of rotatable bonds is 4. The topological polar surface area (TPSA) is 62.1 Å². The molecule has 0 aliphatic rings. The molecule has 0 aromatic heterocycles. The van der Waals surface area contributed by atoms with Crippen molar-refractivity contribution < 1.29 is 9.53 Å². The predicted molar refractivity (Wildman–Crippen MR) is 64.6 cm³/mol. The van der Waals surface area contributed by atoms with Gasteiger partial charge in [0.15, 0.2) is 0 Å². The molecule has 0 aliphatic heterocycles. The number of amides is 1. The molecular weight excluding hydrogens is 216 g/mol. The van der Waals surface area contributed by atoms with E-state index in [4.69, 9.17) is 10.00 Å². The van der Waals surface area contributed by atoms with Gasteiger partial charge in [-0.2, -0.15) is 5.26 Å². The third-order valence-corrected chi connectivity index (χ3v) is 2.23. The van der Waals surface area contributed by atoms with E-state index in [9.17, 15) is 4.79 Å². The Morgan fingerprint density at radius 1 is 1.41 bits per heavy atom. The van der Waals surface area contributed by atoms with Gasteiger partial charge < -0.3 is 10.1 Å². The monoisotopic (exact) mass is 232 g/mol. The van der Waals surface area contributed by atoms with Crippen molar-refractivity contribution in [1.82, 2.24) is 5.32 Å². The van der Waals surface area contributed by atoms with Gasteiger partial charge in [0, 0.05) is 12.7 Å². The van der Waals surface area contributed by atoms with Crippen LogP contribution in [0.2, 0.25) is 0 Å². The van der Waals surface area contributed by atoms with Gasteiger partial charge in [0.2, 0.25) is 0 Å². The molecule has 0 atom stereocenters. The summed E-state index contributed by atoms with van der Waals surface area (Å²) < 4.78 is 5.02. The van der Waals surface area contributed by atoms with Crippen LogP contribution in [0.4, 0.5) is 0 Å². The zero-order valence-electron chi connectivity index (χ0n) is 10.3. The lowest BCUT2D eigenvalue weighted by atomic mass is 10.1. The number of benzene rings is 1. The van der Waals surface area contributed by atoms with E-state index in [1.165, 1.54) is 0 Å². The van der Waals surface area contributed by atoms with Crippen molar-refractivity contribution in [3.8, 4) is 6.07 Å². The molecule has 0 fully saturated rings. The second kappa shape index (κ2) is 5.46. The zero-order chi connectivity index (χ0) is 12.9. The van der Waals surface area contributed by atoms with Crippen LogP contribution in [-0.2, 0) is 4.74 Å². The molecule has 0 bridgehead atoms. The molecule has 90 valence electrons. The molecule has 0 spiro atoms. The van der Waals surface area contributed by atoms with E-state index in [1.54, 1.807) is 31.4 Å². The minimum absolute atomic E-state index is 0.170. The lowest BCUT2D eigenvalue weighted by Crippen LogP contribution is -2.46. The summed E-state index contributed by atoms with van der Waals surface area (Å²) >= 11 is 0. The number of hydrogen-bond donors (Lipinski definition) is 1. The van der Waals surface area contributed by atoms with Crippen LogP contribution in [0.3, 0.4) is 0 Å². The van der Waals surface area contributed by atoms with Crippen molar-refractivity contribution in [3.05, 3.63) is 35.4 Å². The fraction of sp³-hybridized carbons (Fsp3) is 0.385. The first kappa shape index (κ1) is 13.2. The minimum Gasteiger partial charge on any atom is -0.382 e. The molecule has 1 rings (SSSR count). The number of nitrogens with zero attached hydrogens (tertiary/aromatic N) is 1. The van der Waals surface area contributed by atoms with Gasteiger partial charge in [-0.1, -0.05) is 0 Å². The van der Waals surface area contributed by atoms with Crippen molar-refractivity contribution in [2.75, 3.05) is 13.7 Å². The summed E-state index contributed by atoms with van der Waals surface area (Å²) in [6, 6.07) is 8.53. The molecule has 1 aromatic carbocycles. The van der Waals surface area contributed by atoms with Gasteiger partial charge in [-0.25, -0.2) is 0 Å². The van der Waals surface area contributed by atoms with Gasteiger partial charge in [-0.15, -0.1) is 0 Å². The van der Waals surface area contributed by atoms with Gasteiger partial charge in [-0.3, -0.25) is 4.79 Å². The summed E-state index contributed by atoms with van der Waals surface area (Å²) in [7, 11) is 1.59. The van der Waals surface area contributed by atoms with Crippen molar-refractivity contribution in [3.63, 3.8) is 0 Å². The summed E-state index contributed by atoms with van der Waals surface area (Å²) in [6.07, 6.45) is 0. The Morgan fingerprint density at radius 3 is 2.47 bits per heavy atom. The van der Waals surface area contributed by atoms with Crippen LogP contribution in [0.5, 0.6) is 0 Å². The summed E-state index contributed by atoms with van der Waals surface area (Å²) in [5.41, 5.74) is 0.658. The van der Waals surface area contributed by atoms with Crippen LogP contribution in [0, 0.1) is 11.3 Å². The highest BCUT2D eigenvalue weighted by molar-refractivity contribution is 5.94. The van der Waals surface area contributed by atoms with Crippen LogP contribution in [0.1, 0.15) is 29.8 Å². The van der Waals surface area contributed by atoms with Crippen LogP contribution >= 0.6 is 0 Å². The van der Waals surface area contributed by atoms with E-state index in [0.29, 0.717) is 17.7 Å². The Labute approximate surface area is 101 Å². The van der Waals surface area contributed by atoms with Crippen molar-refractivity contribution in [2.24, 2.45) is 0 Å². The van der Waals surface area contributed by atoms with Gasteiger partial charge in [0.25, 0.3) is 5.91 Å². The second-order valence-corrected chi connectivity index (χ2v) is 4.46. The number of methoxy groups -OCH3 is 1. The predicted octanol–water partition coefficient (Wildman–Crippen LogP) is 1.71. The highest BCUT2D eigenvalue weighted by atomic mass is 16.5. The van der Waals surface area contributed by atoms with E-state index >= 15 is 0 Å². The number of nitrogens with one attached hydrogen (secondary N) is 1. The minimum atomic E-state index is -0.417. The van der Waals surface area contributed by atoms with E-state index in [0.717, 1.165) is 0 Å². The Morgan fingerprint density at radius 2 is 2.00 bits per heavy atom. The number of hydrogen-bond acceptors (Lipinski definition) is 3. The molecule has 4 nitrogen and oxygen atoms in total. The molecule has 17 heavy (non-hydrogen) atoms. The average Bonchev–Trinajstić information content (AvgIpc) is 2.28. The first-order valence-electron chi connectivity index (χ1n) is 5.30. The van der Waals surface area contributed by atoms with Crippen LogP contribution in [0.25, 0.3) is 0 Å². The lowest BCUT2D eigenvalue weighted by molar-refractivity contribution is 0.0820. The third-order valence-electron chi connectivity index (χ3n) is 2.23. The van der Waals surface area contributed by atoms with Crippen molar-refractivity contribution >= 4 is 5.91 Å². The third kappa shape index (κ3) is 3.89. The molecule has 0 aliphatic carbocycles. The Bertz CT molecular complexity index is 430. The molecule has 0 heterocycles. The lowest BCUT2D eigenvalue weighted by Gasteiger charge is -2.25. The van der Waals surface area contributed by atoms with E-state index in [-0.39, 0.29) is 5.91 Å². The first-order valence-corrected chi connectivity index (χ1v) is 5.30. The maximum Gasteiger partial charge on any atom is 0.251 e. The fourth-order valence-electron chi connectivity index (χ4n) is 1.47. The molecule has 1 aromatic rings. The smallest absolute Gasteiger partial charge is 0.251 e. The van der Waals surface area contributed by atoms with Crippen LogP contribution in [0.15, 0.2) is 24.3 Å². The highest BCUT2D eigenvalue weighted by Crippen LogP contribution is 2.07. The molecule has 1 amide bonds. The van der Waals surface area contributed by atoms with Crippen molar-refractivity contribution in [2.45, 2.75) is 19.4 Å². The number of carbonyl (C=O) groups is 1. The zero-order valence-corrected chi connectivity index (χ0v) is 10.3. The maximum absolute atomic E-state index is 11.9. The molecule has 0 radical (unpaired) electrons. The van der Waals surface area contributed by atoms with E-state index in [1.807, 2.05) is 19.9 Å². The van der Waals surface area contributed by atoms with E-state index < -0.39 is 5.54 Å². The van der Waals surface area contributed by atoms with Crippen molar-refractivity contribution in [1.29, 1.82) is 5.26 Å².